The summed E-state index contributed by atoms with van der Waals surface area (Å²) in [5, 5.41) is 16.9. The number of likely N-dealkylation sites (N-methyl/N-ethyl adjacent to an activating group) is 1. The first-order valence-electron chi connectivity index (χ1n) is 13.4. The number of benzene rings is 2. The van der Waals surface area contributed by atoms with Crippen LogP contribution in [0.5, 0.6) is 0 Å². The predicted molar refractivity (Wildman–Crippen MR) is 151 cm³/mol. The van der Waals surface area contributed by atoms with Gasteiger partial charge in [-0.1, -0.05) is 23.8 Å². The molecule has 0 unspecified atom stereocenters. The van der Waals surface area contributed by atoms with Crippen LogP contribution in [-0.4, -0.2) is 93.8 Å². The number of aliphatic carboxylic acids is 2. The van der Waals surface area contributed by atoms with Crippen LogP contribution in [0.4, 0.5) is 9.18 Å². The number of carbonyl (C=O) groups excluding carboxylic acids is 1. The summed E-state index contributed by atoms with van der Waals surface area (Å²) in [6.07, 6.45) is 5.56. The maximum atomic E-state index is 13.5. The van der Waals surface area contributed by atoms with E-state index < -0.39 is 11.9 Å². The molecule has 2 aromatic carbocycles. The number of rotatable bonds is 7. The number of hydrogen-bond donors (Lipinski definition) is 2. The van der Waals surface area contributed by atoms with Crippen molar-refractivity contribution in [3.8, 4) is 11.1 Å². The Kier molecular flexibility index (Phi) is 9.21. The van der Waals surface area contributed by atoms with E-state index in [0.717, 1.165) is 57.7 Å². The van der Waals surface area contributed by atoms with Gasteiger partial charge in [-0.05, 0) is 49.6 Å². The lowest BCUT2D eigenvalue weighted by Crippen LogP contribution is -2.41. The molecule has 2 saturated heterocycles. The molecule has 2 fully saturated rings. The summed E-state index contributed by atoms with van der Waals surface area (Å²) in [7, 11) is 1.87. The van der Waals surface area contributed by atoms with Gasteiger partial charge in [-0.2, -0.15) is 0 Å². The van der Waals surface area contributed by atoms with Crippen molar-refractivity contribution in [2.24, 2.45) is 0 Å². The molecule has 5 rings (SSSR count). The van der Waals surface area contributed by atoms with Crippen molar-refractivity contribution < 1.29 is 29.0 Å². The van der Waals surface area contributed by atoms with Crippen molar-refractivity contribution in [2.45, 2.75) is 25.8 Å². The Bertz CT molecular complexity index is 1380. The molecule has 1 aromatic heterocycles. The fourth-order valence-corrected chi connectivity index (χ4v) is 5.27. The average molecular weight is 551 g/mol. The standard InChI is InChI=1S/C26H31FN4O.C4H4O4/c1-19-3-8-25-23(17-19)24(20-4-6-21(27)7-5-20)18-31(25)22-9-11-29(12-10-22)14-16-30-15-13-28(2)26(30)32;5-3(6)1-2-4(7)8/h3-8,17-18,22H,9-16H2,1-2H3;1-2H,(H,5,6)(H,7,8)/b;2-1+. The number of aryl methyl sites for hydroxylation is 1. The Hall–Kier alpha value is -4.18. The largest absolute Gasteiger partial charge is 0.478 e. The second-order valence-corrected chi connectivity index (χ2v) is 10.3. The molecule has 2 aliphatic rings. The van der Waals surface area contributed by atoms with Crippen molar-refractivity contribution in [1.29, 1.82) is 0 Å². The van der Waals surface area contributed by atoms with Crippen LogP contribution in [0.25, 0.3) is 22.0 Å². The zero-order chi connectivity index (χ0) is 28.8. The fourth-order valence-electron chi connectivity index (χ4n) is 5.27. The van der Waals surface area contributed by atoms with Crippen molar-refractivity contribution in [3.63, 3.8) is 0 Å². The summed E-state index contributed by atoms with van der Waals surface area (Å²) in [5.74, 6) is -2.72. The third kappa shape index (κ3) is 7.06. The average Bonchev–Trinajstić information content (AvgIpc) is 3.46. The highest BCUT2D eigenvalue weighted by atomic mass is 19.1. The maximum absolute atomic E-state index is 13.5. The van der Waals surface area contributed by atoms with Gasteiger partial charge in [-0.3, -0.25) is 0 Å². The summed E-state index contributed by atoms with van der Waals surface area (Å²) in [6, 6.07) is 14.1. The highest BCUT2D eigenvalue weighted by Crippen LogP contribution is 2.36. The minimum Gasteiger partial charge on any atom is -0.478 e. The number of likely N-dealkylation sites (tertiary alicyclic amines) is 1. The molecule has 0 bridgehead atoms. The van der Waals surface area contributed by atoms with Gasteiger partial charge in [-0.15, -0.1) is 0 Å². The molecule has 2 aliphatic heterocycles. The molecule has 10 heteroatoms. The quantitative estimate of drug-likeness (QED) is 0.421. The fraction of sp³-hybridized carbons (Fsp3) is 0.367. The van der Waals surface area contributed by atoms with Crippen LogP contribution in [0.3, 0.4) is 0 Å². The summed E-state index contributed by atoms with van der Waals surface area (Å²) in [6.45, 7) is 7.63. The third-order valence-electron chi connectivity index (χ3n) is 7.45. The minimum atomic E-state index is -1.26. The Morgan fingerprint density at radius 2 is 1.60 bits per heavy atom. The van der Waals surface area contributed by atoms with Gasteiger partial charge in [0.25, 0.3) is 0 Å². The number of urea groups is 1. The normalized spacial score (nSPS) is 16.5. The Labute approximate surface area is 232 Å². The Balaban J connectivity index is 0.000000406. The van der Waals surface area contributed by atoms with E-state index in [1.54, 1.807) is 4.90 Å². The highest BCUT2D eigenvalue weighted by molar-refractivity contribution is 5.96. The predicted octanol–water partition coefficient (Wildman–Crippen LogP) is 4.47. The SMILES string of the molecule is Cc1ccc2c(c1)c(-c1ccc(F)cc1)cn2C1CCN(CCN2CCN(C)C2=O)CC1.O=C(O)/C=C/C(=O)O. The Morgan fingerprint density at radius 3 is 2.17 bits per heavy atom. The first kappa shape index (κ1) is 28.8. The molecule has 0 spiro atoms. The van der Waals surface area contributed by atoms with Gasteiger partial charge in [0, 0.05) is 87.2 Å². The molecule has 40 heavy (non-hydrogen) atoms. The van der Waals surface area contributed by atoms with E-state index in [4.69, 9.17) is 10.2 Å². The van der Waals surface area contributed by atoms with Crippen molar-refractivity contribution in [3.05, 3.63) is 72.2 Å². The highest BCUT2D eigenvalue weighted by Gasteiger charge is 2.27. The van der Waals surface area contributed by atoms with Gasteiger partial charge in [0.2, 0.25) is 0 Å². The lowest BCUT2D eigenvalue weighted by Gasteiger charge is -2.34. The minimum absolute atomic E-state index is 0.155. The molecule has 2 amide bonds. The van der Waals surface area contributed by atoms with Crippen molar-refractivity contribution >= 4 is 28.9 Å². The summed E-state index contributed by atoms with van der Waals surface area (Å²) in [5.41, 5.74) is 4.70. The van der Waals surface area contributed by atoms with Gasteiger partial charge < -0.3 is 29.5 Å². The van der Waals surface area contributed by atoms with Crippen LogP contribution in [0, 0.1) is 12.7 Å². The topological polar surface area (TPSA) is 106 Å². The number of fused-ring (bicyclic) bond motifs is 1. The number of piperidine rings is 1. The second-order valence-electron chi connectivity index (χ2n) is 10.3. The number of carboxylic acid groups (broad SMARTS) is 2. The summed E-state index contributed by atoms with van der Waals surface area (Å²) in [4.78, 5) is 37.5. The molecule has 0 saturated carbocycles. The summed E-state index contributed by atoms with van der Waals surface area (Å²) < 4.78 is 15.9. The van der Waals surface area contributed by atoms with Gasteiger partial charge in [0.05, 0.1) is 0 Å². The number of halogens is 1. The molecule has 3 heterocycles. The molecule has 0 aliphatic carbocycles. The summed E-state index contributed by atoms with van der Waals surface area (Å²) >= 11 is 0. The lowest BCUT2D eigenvalue weighted by atomic mass is 10.0. The maximum Gasteiger partial charge on any atom is 0.328 e. The van der Waals surface area contributed by atoms with Crippen LogP contribution in [0.15, 0.2) is 60.8 Å². The molecule has 212 valence electrons. The molecule has 0 atom stereocenters. The van der Waals surface area contributed by atoms with Gasteiger partial charge in [0.1, 0.15) is 5.82 Å². The molecular weight excluding hydrogens is 515 g/mol. The first-order chi connectivity index (χ1) is 19.1. The smallest absolute Gasteiger partial charge is 0.328 e. The number of carbonyl (C=O) groups is 3. The van der Waals surface area contributed by atoms with E-state index in [9.17, 15) is 18.8 Å². The van der Waals surface area contributed by atoms with Crippen LogP contribution in [0.2, 0.25) is 0 Å². The number of carboxylic acids is 2. The molecule has 3 aromatic rings. The van der Waals surface area contributed by atoms with E-state index in [2.05, 4.69) is 40.8 Å². The van der Waals surface area contributed by atoms with Gasteiger partial charge in [-0.25, -0.2) is 18.8 Å². The zero-order valence-electron chi connectivity index (χ0n) is 22.8. The lowest BCUT2D eigenvalue weighted by molar-refractivity contribution is -0.134. The van der Waals surface area contributed by atoms with E-state index in [1.165, 1.54) is 34.2 Å². The van der Waals surface area contributed by atoms with E-state index in [-0.39, 0.29) is 11.8 Å². The Morgan fingerprint density at radius 1 is 0.950 bits per heavy atom. The van der Waals surface area contributed by atoms with Crippen LogP contribution < -0.4 is 0 Å². The van der Waals surface area contributed by atoms with E-state index >= 15 is 0 Å². The van der Waals surface area contributed by atoms with Crippen molar-refractivity contribution in [2.75, 3.05) is 46.3 Å². The van der Waals surface area contributed by atoms with Crippen molar-refractivity contribution in [1.82, 2.24) is 19.3 Å². The van der Waals surface area contributed by atoms with E-state index in [1.807, 2.05) is 24.1 Å². The van der Waals surface area contributed by atoms with E-state index in [0.29, 0.717) is 18.2 Å². The van der Waals surface area contributed by atoms with Crippen LogP contribution in [-0.2, 0) is 9.59 Å². The molecule has 2 N–H and O–H groups in total. The number of aromatic nitrogens is 1. The number of nitrogens with zero attached hydrogens (tertiary/aromatic N) is 4. The van der Waals surface area contributed by atoms with Crippen LogP contribution in [0.1, 0.15) is 24.4 Å². The van der Waals surface area contributed by atoms with Gasteiger partial charge >= 0.3 is 18.0 Å². The van der Waals surface area contributed by atoms with Crippen LogP contribution >= 0.6 is 0 Å². The third-order valence-corrected chi connectivity index (χ3v) is 7.45. The molecular formula is C30H35FN4O5. The first-order valence-corrected chi connectivity index (χ1v) is 13.4. The van der Waals surface area contributed by atoms with Gasteiger partial charge in [0.15, 0.2) is 0 Å². The number of amides is 2. The number of hydrogen-bond acceptors (Lipinski definition) is 4. The zero-order valence-corrected chi connectivity index (χ0v) is 22.8. The second kappa shape index (κ2) is 12.8. The molecule has 0 radical (unpaired) electrons. The monoisotopic (exact) mass is 550 g/mol. The molecule has 9 nitrogen and oxygen atoms in total.